The van der Waals surface area contributed by atoms with E-state index in [1.165, 1.54) is 30.4 Å². The maximum Gasteiger partial charge on any atom is 0.303 e. The van der Waals surface area contributed by atoms with Crippen LogP contribution in [0.1, 0.15) is 47.0 Å². The second-order valence-electron chi connectivity index (χ2n) is 7.74. The number of thiophene rings is 2. The fourth-order valence-corrected chi connectivity index (χ4v) is 4.52. The summed E-state index contributed by atoms with van der Waals surface area (Å²) < 4.78 is 32.3. The molecular weight excluding hydrogens is 560 g/mol. The third-order valence-electron chi connectivity index (χ3n) is 4.74. The molecule has 15 heteroatoms. The van der Waals surface area contributed by atoms with E-state index in [-0.39, 0.29) is 23.0 Å². The van der Waals surface area contributed by atoms with E-state index in [0.717, 1.165) is 32.1 Å². The van der Waals surface area contributed by atoms with Crippen LogP contribution in [-0.4, -0.2) is 78.9 Å². The lowest BCUT2D eigenvalue weighted by Crippen LogP contribution is -2.63. The Labute approximate surface area is 230 Å². The van der Waals surface area contributed by atoms with Crippen LogP contribution in [0.5, 0.6) is 11.5 Å². The molecule has 2 aromatic heterocycles. The molecule has 3 heterocycles. The predicted octanol–water partition coefficient (Wildman–Crippen LogP) is 2.29. The molecule has 0 bridgehead atoms. The third kappa shape index (κ3) is 9.46. The molecule has 0 aromatic carbocycles. The van der Waals surface area contributed by atoms with E-state index in [2.05, 4.69) is 0 Å². The maximum absolute atomic E-state index is 11.8. The first-order valence-electron chi connectivity index (χ1n) is 11.2. The van der Waals surface area contributed by atoms with E-state index >= 15 is 0 Å². The highest BCUT2D eigenvalue weighted by Gasteiger charge is 2.53. The van der Waals surface area contributed by atoms with Gasteiger partial charge in [0, 0.05) is 27.7 Å². The zero-order valence-corrected chi connectivity index (χ0v) is 22.9. The molecule has 5 atom stereocenters. The monoisotopic (exact) mass is 586 g/mol. The summed E-state index contributed by atoms with van der Waals surface area (Å²) in [5, 5.41) is 12.0. The summed E-state index contributed by atoms with van der Waals surface area (Å²) in [6.07, 6.45) is -5.29. The van der Waals surface area contributed by atoms with Crippen LogP contribution in [0, 0.1) is 0 Å². The van der Waals surface area contributed by atoms with Crippen molar-refractivity contribution < 1.29 is 62.3 Å². The average molecular weight is 587 g/mol. The van der Waals surface area contributed by atoms with E-state index in [9.17, 15) is 28.8 Å². The first kappa shape index (κ1) is 31.4. The van der Waals surface area contributed by atoms with Crippen LogP contribution < -0.4 is 4.74 Å². The molecule has 1 aliphatic rings. The van der Waals surface area contributed by atoms with Crippen LogP contribution in [-0.2, 0) is 42.9 Å². The van der Waals surface area contributed by atoms with E-state index in [1.54, 1.807) is 10.8 Å². The lowest BCUT2D eigenvalue weighted by Gasteiger charge is -2.43. The maximum atomic E-state index is 11.8. The molecule has 212 valence electrons. The fourth-order valence-electron chi connectivity index (χ4n) is 3.30. The van der Waals surface area contributed by atoms with Gasteiger partial charge in [-0.3, -0.25) is 28.8 Å². The number of aldehydes is 2. The second-order valence-corrected chi connectivity index (χ2v) is 9.64. The van der Waals surface area contributed by atoms with Crippen molar-refractivity contribution in [1.29, 1.82) is 0 Å². The summed E-state index contributed by atoms with van der Waals surface area (Å²) in [4.78, 5) is 68.3. The number of carbonyl (C=O) groups is 6. The first-order valence-corrected chi connectivity index (χ1v) is 12.9. The Morgan fingerprint density at radius 2 is 1.36 bits per heavy atom. The summed E-state index contributed by atoms with van der Waals surface area (Å²) >= 11 is 2.34. The summed E-state index contributed by atoms with van der Waals surface area (Å²) in [5.41, 5.74) is 0. The van der Waals surface area contributed by atoms with Crippen molar-refractivity contribution in [1.82, 2.24) is 0 Å². The average Bonchev–Trinajstić information content (AvgIpc) is 3.49. The van der Waals surface area contributed by atoms with E-state index < -0.39 is 54.6 Å². The van der Waals surface area contributed by atoms with E-state index in [4.69, 9.17) is 33.5 Å². The number of hydrogen-bond acceptors (Lipinski definition) is 15. The highest BCUT2D eigenvalue weighted by molar-refractivity contribution is 7.12. The van der Waals surface area contributed by atoms with Gasteiger partial charge in [-0.1, -0.05) is 0 Å². The molecular formula is C24H26O13S2. The summed E-state index contributed by atoms with van der Waals surface area (Å²) in [5.74, 6) is -2.66. The minimum atomic E-state index is -1.38. The van der Waals surface area contributed by atoms with Crippen molar-refractivity contribution in [2.75, 3.05) is 6.61 Å². The van der Waals surface area contributed by atoms with Crippen LogP contribution in [0.4, 0.5) is 0 Å². The predicted molar refractivity (Wildman–Crippen MR) is 134 cm³/mol. The molecule has 1 saturated heterocycles. The molecule has 3 rings (SSSR count). The van der Waals surface area contributed by atoms with Crippen LogP contribution in [0.3, 0.4) is 0 Å². The zero-order valence-electron chi connectivity index (χ0n) is 21.2. The fraction of sp³-hybridized carbons (Fsp3) is 0.417. The van der Waals surface area contributed by atoms with Crippen molar-refractivity contribution in [2.45, 2.75) is 58.4 Å². The lowest BCUT2D eigenvalue weighted by atomic mass is 9.98. The van der Waals surface area contributed by atoms with E-state index in [1.807, 2.05) is 0 Å². The van der Waals surface area contributed by atoms with Gasteiger partial charge < -0.3 is 33.5 Å². The number of hydrogen-bond donors (Lipinski definition) is 1. The Bertz CT molecular complexity index is 1170. The Morgan fingerprint density at radius 3 is 1.85 bits per heavy atom. The molecule has 13 nitrogen and oxygen atoms in total. The Hall–Kier alpha value is -3.82. The van der Waals surface area contributed by atoms with Crippen molar-refractivity contribution in [2.24, 2.45) is 0 Å². The molecule has 0 radical (unpaired) electrons. The molecule has 0 saturated carbocycles. The van der Waals surface area contributed by atoms with Gasteiger partial charge in [0.1, 0.15) is 34.0 Å². The number of esters is 4. The van der Waals surface area contributed by atoms with Crippen LogP contribution >= 0.6 is 22.7 Å². The van der Waals surface area contributed by atoms with Gasteiger partial charge in [-0.25, -0.2) is 0 Å². The standard InChI is InChI=1S/C19H22O11S.C5H4O2S/c1-9(21)25-8-14-16(26-10(2)22)17(27-11(3)23)18(28-12(4)24)19(30-14)29-13-5-6-31-15(13)7-20;6-3-5-4(7)1-2-8-5/h5-7,14,16-19H,8H2,1-4H3;1-3,7H. The molecule has 1 fully saturated rings. The summed E-state index contributed by atoms with van der Waals surface area (Å²) in [6, 6.07) is 3.00. The van der Waals surface area contributed by atoms with Crippen molar-refractivity contribution in [3.05, 3.63) is 32.6 Å². The van der Waals surface area contributed by atoms with Gasteiger partial charge in [0.05, 0.1) is 0 Å². The largest absolute Gasteiger partial charge is 0.506 e. The Balaban J connectivity index is 0.000000568. The van der Waals surface area contributed by atoms with E-state index in [0.29, 0.717) is 17.4 Å². The molecule has 0 aliphatic carbocycles. The molecule has 39 heavy (non-hydrogen) atoms. The van der Waals surface area contributed by atoms with Gasteiger partial charge in [-0.2, -0.15) is 0 Å². The van der Waals surface area contributed by atoms with Gasteiger partial charge in [-0.05, 0) is 22.9 Å². The van der Waals surface area contributed by atoms with Crippen molar-refractivity contribution >= 4 is 59.1 Å². The number of carbonyl (C=O) groups excluding carboxylic acids is 6. The summed E-state index contributed by atoms with van der Waals surface area (Å²) in [6.45, 7) is 4.16. The first-order chi connectivity index (χ1) is 18.5. The van der Waals surface area contributed by atoms with Crippen molar-refractivity contribution in [3.63, 3.8) is 0 Å². The number of aromatic hydroxyl groups is 1. The quantitative estimate of drug-likeness (QED) is 0.257. The van der Waals surface area contributed by atoms with Gasteiger partial charge >= 0.3 is 23.9 Å². The highest BCUT2D eigenvalue weighted by atomic mass is 32.1. The molecule has 1 N–H and O–H groups in total. The van der Waals surface area contributed by atoms with Gasteiger partial charge in [0.25, 0.3) is 0 Å². The Kier molecular flexibility index (Phi) is 12.0. The number of rotatable bonds is 9. The highest BCUT2D eigenvalue weighted by Crippen LogP contribution is 2.33. The third-order valence-corrected chi connectivity index (χ3v) is 6.39. The molecule has 5 unspecified atom stereocenters. The van der Waals surface area contributed by atoms with Gasteiger partial charge in [0.15, 0.2) is 24.8 Å². The van der Waals surface area contributed by atoms with Crippen LogP contribution in [0.25, 0.3) is 0 Å². The normalized spacial score (nSPS) is 21.8. The topological polar surface area (TPSA) is 178 Å². The van der Waals surface area contributed by atoms with Crippen molar-refractivity contribution in [3.8, 4) is 11.5 Å². The lowest BCUT2D eigenvalue weighted by molar-refractivity contribution is -0.288. The SMILES string of the molecule is CC(=O)OCC1OC(Oc2ccsc2C=O)C(OC(C)=O)C(OC(C)=O)C1OC(C)=O.O=Cc1sccc1O. The van der Waals surface area contributed by atoms with Gasteiger partial charge in [-0.15, -0.1) is 22.7 Å². The van der Waals surface area contributed by atoms with Crippen LogP contribution in [0.2, 0.25) is 0 Å². The molecule has 0 amide bonds. The smallest absolute Gasteiger partial charge is 0.303 e. The molecule has 1 aliphatic heterocycles. The molecule has 2 aromatic rings. The minimum Gasteiger partial charge on any atom is -0.506 e. The van der Waals surface area contributed by atoms with Gasteiger partial charge in [0.2, 0.25) is 12.4 Å². The summed E-state index contributed by atoms with van der Waals surface area (Å²) in [7, 11) is 0. The minimum absolute atomic E-state index is 0.0741. The molecule has 0 spiro atoms. The number of ether oxygens (including phenoxy) is 6. The zero-order chi connectivity index (χ0) is 29.1. The van der Waals surface area contributed by atoms with Crippen LogP contribution in [0.15, 0.2) is 22.9 Å². The Morgan fingerprint density at radius 1 is 0.821 bits per heavy atom. The second kappa shape index (κ2) is 14.9.